The highest BCUT2D eigenvalue weighted by molar-refractivity contribution is 5.78. The Morgan fingerprint density at radius 1 is 1.47 bits per heavy atom. The molecule has 0 saturated carbocycles. The lowest BCUT2D eigenvalue weighted by atomic mass is 10.1. The van der Waals surface area contributed by atoms with Gasteiger partial charge in [-0.3, -0.25) is 4.79 Å². The van der Waals surface area contributed by atoms with Crippen molar-refractivity contribution in [2.24, 2.45) is 0 Å². The van der Waals surface area contributed by atoms with Gasteiger partial charge in [-0.15, -0.1) is 0 Å². The van der Waals surface area contributed by atoms with Crippen LogP contribution >= 0.6 is 0 Å². The summed E-state index contributed by atoms with van der Waals surface area (Å²) >= 11 is 0. The van der Waals surface area contributed by atoms with E-state index in [0.717, 1.165) is 18.5 Å². The molecule has 1 aromatic rings. The maximum absolute atomic E-state index is 13.5. The smallest absolute Gasteiger partial charge is 0.222 e. The molecule has 0 spiro atoms. The highest BCUT2D eigenvalue weighted by Crippen LogP contribution is 2.17. The highest BCUT2D eigenvalue weighted by Gasteiger charge is 2.20. The molecule has 1 saturated heterocycles. The summed E-state index contributed by atoms with van der Waals surface area (Å²) in [5.74, 6) is -0.0790. The lowest BCUT2D eigenvalue weighted by Crippen LogP contribution is -2.24. The van der Waals surface area contributed by atoms with Gasteiger partial charge in [-0.05, 0) is 25.0 Å². The van der Waals surface area contributed by atoms with E-state index in [1.165, 1.54) is 6.07 Å². The summed E-state index contributed by atoms with van der Waals surface area (Å²) < 4.78 is 13.5. The topological polar surface area (TPSA) is 20.3 Å². The second-order valence-corrected chi connectivity index (χ2v) is 4.01. The minimum absolute atomic E-state index is 0.134. The second-order valence-electron chi connectivity index (χ2n) is 4.01. The van der Waals surface area contributed by atoms with Crippen molar-refractivity contribution in [1.82, 2.24) is 4.90 Å². The van der Waals surface area contributed by atoms with E-state index in [2.05, 4.69) is 0 Å². The van der Waals surface area contributed by atoms with E-state index >= 15 is 0 Å². The summed E-state index contributed by atoms with van der Waals surface area (Å²) in [5.41, 5.74) is 1.51. The van der Waals surface area contributed by atoms with E-state index in [0.29, 0.717) is 18.5 Å². The van der Waals surface area contributed by atoms with Gasteiger partial charge in [0.05, 0.1) is 0 Å². The third-order valence-corrected chi connectivity index (χ3v) is 2.74. The van der Waals surface area contributed by atoms with Crippen molar-refractivity contribution in [3.05, 3.63) is 35.1 Å². The fourth-order valence-electron chi connectivity index (χ4n) is 1.86. The Balaban J connectivity index is 2.13. The van der Waals surface area contributed by atoms with Gasteiger partial charge in [0, 0.05) is 25.1 Å². The minimum atomic E-state index is -0.213. The number of carbonyl (C=O) groups excluding carboxylic acids is 1. The Morgan fingerprint density at radius 2 is 2.27 bits per heavy atom. The number of amides is 1. The van der Waals surface area contributed by atoms with Crippen LogP contribution in [-0.4, -0.2) is 17.4 Å². The molecule has 1 aliphatic heterocycles. The first-order chi connectivity index (χ1) is 7.16. The molecule has 1 fully saturated rings. The fraction of sp³-hybridized carbons (Fsp3) is 0.417. The lowest BCUT2D eigenvalue weighted by molar-refractivity contribution is -0.128. The molecule has 1 aliphatic rings. The Kier molecular flexibility index (Phi) is 2.71. The first-order valence-corrected chi connectivity index (χ1v) is 5.19. The Hall–Kier alpha value is -1.38. The summed E-state index contributed by atoms with van der Waals surface area (Å²) in [6.07, 6.45) is 1.50. The van der Waals surface area contributed by atoms with Crippen molar-refractivity contribution in [2.45, 2.75) is 26.3 Å². The summed E-state index contributed by atoms with van der Waals surface area (Å²) in [6.45, 7) is 3.02. The van der Waals surface area contributed by atoms with Gasteiger partial charge in [0.2, 0.25) is 5.91 Å². The molecule has 0 aromatic heterocycles. The van der Waals surface area contributed by atoms with Crippen molar-refractivity contribution >= 4 is 5.91 Å². The molecule has 80 valence electrons. The second kappa shape index (κ2) is 4.01. The van der Waals surface area contributed by atoms with Crippen molar-refractivity contribution in [3.63, 3.8) is 0 Å². The first kappa shape index (κ1) is 10.1. The molecule has 1 heterocycles. The zero-order valence-electron chi connectivity index (χ0n) is 8.79. The largest absolute Gasteiger partial charge is 0.338 e. The van der Waals surface area contributed by atoms with Gasteiger partial charge in [0.15, 0.2) is 0 Å². The van der Waals surface area contributed by atoms with Crippen LogP contribution in [0.15, 0.2) is 18.2 Å². The number of rotatable bonds is 2. The van der Waals surface area contributed by atoms with Crippen molar-refractivity contribution < 1.29 is 9.18 Å². The highest BCUT2D eigenvalue weighted by atomic mass is 19.1. The van der Waals surface area contributed by atoms with Crippen molar-refractivity contribution in [2.75, 3.05) is 6.54 Å². The number of carbonyl (C=O) groups is 1. The van der Waals surface area contributed by atoms with Crippen LogP contribution in [0.4, 0.5) is 4.39 Å². The number of nitrogens with zero attached hydrogens (tertiary/aromatic N) is 1. The summed E-state index contributed by atoms with van der Waals surface area (Å²) in [4.78, 5) is 13.1. The standard InChI is InChI=1S/C12H14FNO/c1-9-4-5-10(11(13)7-9)8-14-6-2-3-12(14)15/h4-5,7H,2-3,6,8H2,1H3. The molecule has 0 aliphatic carbocycles. The van der Waals surface area contributed by atoms with Crippen LogP contribution in [0.1, 0.15) is 24.0 Å². The lowest BCUT2D eigenvalue weighted by Gasteiger charge is -2.15. The molecule has 2 rings (SSSR count). The van der Waals surface area contributed by atoms with Crippen LogP contribution in [0.3, 0.4) is 0 Å². The maximum atomic E-state index is 13.5. The predicted octanol–water partition coefficient (Wildman–Crippen LogP) is 2.26. The SMILES string of the molecule is Cc1ccc(CN2CCCC2=O)c(F)c1. The Bertz CT molecular complexity index is 389. The number of likely N-dealkylation sites (tertiary alicyclic amines) is 1. The van der Waals surface area contributed by atoms with E-state index in [4.69, 9.17) is 0 Å². The predicted molar refractivity (Wildman–Crippen MR) is 55.8 cm³/mol. The molecule has 0 N–H and O–H groups in total. The van der Waals surface area contributed by atoms with E-state index in [1.54, 1.807) is 11.0 Å². The van der Waals surface area contributed by atoms with Crippen LogP contribution in [0.2, 0.25) is 0 Å². The maximum Gasteiger partial charge on any atom is 0.222 e. The van der Waals surface area contributed by atoms with Crippen LogP contribution in [0.25, 0.3) is 0 Å². The van der Waals surface area contributed by atoms with E-state index in [-0.39, 0.29) is 11.7 Å². The molecular formula is C12H14FNO. The molecule has 0 unspecified atom stereocenters. The molecule has 0 radical (unpaired) electrons. The number of benzene rings is 1. The molecule has 3 heteroatoms. The van der Waals surface area contributed by atoms with E-state index in [9.17, 15) is 9.18 Å². The van der Waals surface area contributed by atoms with Gasteiger partial charge >= 0.3 is 0 Å². The van der Waals surface area contributed by atoms with Gasteiger partial charge < -0.3 is 4.90 Å². The van der Waals surface area contributed by atoms with Gasteiger partial charge in [-0.25, -0.2) is 4.39 Å². The molecule has 2 nitrogen and oxygen atoms in total. The Labute approximate surface area is 88.7 Å². The quantitative estimate of drug-likeness (QED) is 0.728. The molecule has 15 heavy (non-hydrogen) atoms. The van der Waals surface area contributed by atoms with Crippen LogP contribution in [0, 0.1) is 12.7 Å². The summed E-state index contributed by atoms with van der Waals surface area (Å²) in [6, 6.07) is 5.14. The fourth-order valence-corrected chi connectivity index (χ4v) is 1.86. The number of hydrogen-bond donors (Lipinski definition) is 0. The average Bonchev–Trinajstić information content (AvgIpc) is 2.57. The van der Waals surface area contributed by atoms with Gasteiger partial charge in [-0.2, -0.15) is 0 Å². The molecule has 1 aromatic carbocycles. The van der Waals surface area contributed by atoms with Gasteiger partial charge in [-0.1, -0.05) is 12.1 Å². The van der Waals surface area contributed by atoms with Crippen LogP contribution < -0.4 is 0 Å². The first-order valence-electron chi connectivity index (χ1n) is 5.19. The molecule has 1 amide bonds. The van der Waals surface area contributed by atoms with Crippen molar-refractivity contribution in [1.29, 1.82) is 0 Å². The third kappa shape index (κ3) is 2.17. The van der Waals surface area contributed by atoms with E-state index in [1.807, 2.05) is 13.0 Å². The molecule has 0 atom stereocenters. The zero-order chi connectivity index (χ0) is 10.8. The molecular weight excluding hydrogens is 193 g/mol. The third-order valence-electron chi connectivity index (χ3n) is 2.74. The summed E-state index contributed by atoms with van der Waals surface area (Å²) in [5, 5.41) is 0. The van der Waals surface area contributed by atoms with Crippen LogP contribution in [0.5, 0.6) is 0 Å². The number of hydrogen-bond acceptors (Lipinski definition) is 1. The zero-order valence-corrected chi connectivity index (χ0v) is 8.79. The Morgan fingerprint density at radius 3 is 2.87 bits per heavy atom. The van der Waals surface area contributed by atoms with Gasteiger partial charge in [0.1, 0.15) is 5.82 Å². The normalized spacial score (nSPS) is 16.1. The van der Waals surface area contributed by atoms with Gasteiger partial charge in [0.25, 0.3) is 0 Å². The minimum Gasteiger partial charge on any atom is -0.338 e. The number of halogens is 1. The van der Waals surface area contributed by atoms with Crippen molar-refractivity contribution in [3.8, 4) is 0 Å². The average molecular weight is 207 g/mol. The monoisotopic (exact) mass is 207 g/mol. The summed E-state index contributed by atoms with van der Waals surface area (Å²) in [7, 11) is 0. The number of aryl methyl sites for hydroxylation is 1. The molecule has 0 bridgehead atoms. The van der Waals surface area contributed by atoms with Crippen LogP contribution in [-0.2, 0) is 11.3 Å². The van der Waals surface area contributed by atoms with E-state index < -0.39 is 0 Å².